The lowest BCUT2D eigenvalue weighted by molar-refractivity contribution is 0.196. The number of nitrogens with zero attached hydrogens (tertiary/aromatic N) is 2. The van der Waals surface area contributed by atoms with Crippen LogP contribution in [0.4, 0.5) is 11.5 Å². The molecule has 3 aromatic rings. The van der Waals surface area contributed by atoms with Crippen LogP contribution < -0.4 is 21.9 Å². The minimum Gasteiger partial charge on any atom is -0.385 e. The standard InChI is InChI=1S/C22H25BrN4O3/c1-30-13-5-12-26(14-17-8-10-18(23)11-9-17)19-20(24)27(22(29)25-21(19)28)15-16-6-3-2-4-7-16/h2-4,6-11H,5,12-15,24H2,1H3,(H,25,28,29). The Kier molecular flexibility index (Phi) is 7.48. The predicted octanol–water partition coefficient (Wildman–Crippen LogP) is 2.97. The maximum Gasteiger partial charge on any atom is 0.330 e. The van der Waals surface area contributed by atoms with E-state index in [9.17, 15) is 9.59 Å². The number of anilines is 2. The van der Waals surface area contributed by atoms with Gasteiger partial charge in [0, 0.05) is 31.3 Å². The topological polar surface area (TPSA) is 93.3 Å². The summed E-state index contributed by atoms with van der Waals surface area (Å²) < 4.78 is 7.55. The van der Waals surface area contributed by atoms with Gasteiger partial charge in [-0.1, -0.05) is 58.4 Å². The highest BCUT2D eigenvalue weighted by molar-refractivity contribution is 9.10. The Bertz CT molecular complexity index is 1080. The molecular formula is C22H25BrN4O3. The minimum atomic E-state index is -0.523. The normalized spacial score (nSPS) is 10.9. The van der Waals surface area contributed by atoms with Crippen molar-refractivity contribution in [2.24, 2.45) is 0 Å². The first kappa shape index (κ1) is 21.9. The molecule has 0 saturated carbocycles. The van der Waals surface area contributed by atoms with Gasteiger partial charge >= 0.3 is 5.69 Å². The molecule has 0 unspecified atom stereocenters. The lowest BCUT2D eigenvalue weighted by Crippen LogP contribution is -2.39. The number of nitrogen functional groups attached to an aromatic ring is 1. The summed E-state index contributed by atoms with van der Waals surface area (Å²) in [7, 11) is 1.64. The quantitative estimate of drug-likeness (QED) is 0.467. The molecule has 1 aromatic heterocycles. The first-order valence-corrected chi connectivity index (χ1v) is 10.4. The molecule has 0 bridgehead atoms. The van der Waals surface area contributed by atoms with E-state index in [0.717, 1.165) is 15.6 Å². The average molecular weight is 473 g/mol. The molecule has 0 atom stereocenters. The van der Waals surface area contributed by atoms with E-state index in [-0.39, 0.29) is 12.4 Å². The molecule has 2 aromatic carbocycles. The van der Waals surface area contributed by atoms with Gasteiger partial charge in [-0.25, -0.2) is 4.79 Å². The number of benzene rings is 2. The van der Waals surface area contributed by atoms with Crippen molar-refractivity contribution in [3.8, 4) is 0 Å². The third-order valence-corrected chi connectivity index (χ3v) is 5.31. The number of hydrogen-bond donors (Lipinski definition) is 2. The zero-order chi connectivity index (χ0) is 21.5. The highest BCUT2D eigenvalue weighted by Gasteiger charge is 2.19. The zero-order valence-corrected chi connectivity index (χ0v) is 18.4. The highest BCUT2D eigenvalue weighted by Crippen LogP contribution is 2.21. The van der Waals surface area contributed by atoms with Crippen LogP contribution in [0.3, 0.4) is 0 Å². The Morgan fingerprint density at radius 3 is 2.43 bits per heavy atom. The number of H-pyrrole nitrogens is 1. The maximum absolute atomic E-state index is 12.8. The Morgan fingerprint density at radius 2 is 1.77 bits per heavy atom. The largest absolute Gasteiger partial charge is 0.385 e. The molecule has 30 heavy (non-hydrogen) atoms. The van der Waals surface area contributed by atoms with Crippen molar-refractivity contribution in [2.45, 2.75) is 19.5 Å². The number of ether oxygens (including phenoxy) is 1. The number of aromatic amines is 1. The molecule has 8 heteroatoms. The van der Waals surface area contributed by atoms with Crippen LogP contribution in [0.2, 0.25) is 0 Å². The van der Waals surface area contributed by atoms with Gasteiger partial charge in [0.2, 0.25) is 0 Å². The predicted molar refractivity (Wildman–Crippen MR) is 123 cm³/mol. The van der Waals surface area contributed by atoms with E-state index in [4.69, 9.17) is 10.5 Å². The van der Waals surface area contributed by atoms with Crippen LogP contribution in [-0.2, 0) is 17.8 Å². The smallest absolute Gasteiger partial charge is 0.330 e. The van der Waals surface area contributed by atoms with Crippen molar-refractivity contribution >= 4 is 27.4 Å². The van der Waals surface area contributed by atoms with Gasteiger partial charge in [0.1, 0.15) is 11.5 Å². The molecule has 158 valence electrons. The molecule has 0 radical (unpaired) electrons. The van der Waals surface area contributed by atoms with Crippen molar-refractivity contribution in [3.63, 3.8) is 0 Å². The molecule has 0 amide bonds. The van der Waals surface area contributed by atoms with Crippen LogP contribution in [0.15, 0.2) is 68.7 Å². The number of halogens is 1. The Hall–Kier alpha value is -2.84. The van der Waals surface area contributed by atoms with Crippen molar-refractivity contribution in [3.05, 3.63) is 91.0 Å². The average Bonchev–Trinajstić information content (AvgIpc) is 2.73. The third kappa shape index (κ3) is 5.40. The van der Waals surface area contributed by atoms with Crippen molar-refractivity contribution in [2.75, 3.05) is 30.9 Å². The van der Waals surface area contributed by atoms with Gasteiger partial charge < -0.3 is 15.4 Å². The van der Waals surface area contributed by atoms with Crippen LogP contribution in [0, 0.1) is 0 Å². The van der Waals surface area contributed by atoms with Gasteiger partial charge in [0.15, 0.2) is 0 Å². The summed E-state index contributed by atoms with van der Waals surface area (Å²) in [6.07, 6.45) is 0.712. The number of nitrogens with one attached hydrogen (secondary N) is 1. The van der Waals surface area contributed by atoms with Crippen molar-refractivity contribution in [1.82, 2.24) is 9.55 Å². The van der Waals surface area contributed by atoms with Gasteiger partial charge in [-0.15, -0.1) is 0 Å². The molecule has 0 aliphatic rings. The molecule has 3 N–H and O–H groups in total. The van der Waals surface area contributed by atoms with E-state index in [1.807, 2.05) is 59.5 Å². The van der Waals surface area contributed by atoms with Crippen LogP contribution in [0.5, 0.6) is 0 Å². The van der Waals surface area contributed by atoms with Gasteiger partial charge in [-0.2, -0.15) is 0 Å². The maximum atomic E-state index is 12.8. The third-order valence-electron chi connectivity index (χ3n) is 4.78. The lowest BCUT2D eigenvalue weighted by Gasteiger charge is -2.26. The van der Waals surface area contributed by atoms with E-state index in [1.165, 1.54) is 4.57 Å². The zero-order valence-electron chi connectivity index (χ0n) is 16.8. The molecule has 0 aliphatic heterocycles. The fourth-order valence-corrected chi connectivity index (χ4v) is 3.55. The van der Waals surface area contributed by atoms with Crippen LogP contribution in [0.25, 0.3) is 0 Å². The summed E-state index contributed by atoms with van der Waals surface area (Å²) in [5, 5.41) is 0. The first-order valence-electron chi connectivity index (χ1n) is 9.64. The van der Waals surface area contributed by atoms with Crippen molar-refractivity contribution < 1.29 is 4.74 Å². The number of nitrogens with two attached hydrogens (primary N) is 1. The fraction of sp³-hybridized carbons (Fsp3) is 0.273. The second kappa shape index (κ2) is 10.3. The molecule has 7 nitrogen and oxygen atoms in total. The van der Waals surface area contributed by atoms with Gasteiger partial charge in [0.25, 0.3) is 5.56 Å². The SMILES string of the molecule is COCCCN(Cc1ccc(Br)cc1)c1c(N)n(Cc2ccccc2)c(=O)[nH]c1=O. The van der Waals surface area contributed by atoms with Gasteiger partial charge in [0.05, 0.1) is 6.54 Å². The number of rotatable bonds is 9. The summed E-state index contributed by atoms with van der Waals surface area (Å²) in [6, 6.07) is 17.4. The molecule has 0 fully saturated rings. The number of methoxy groups -OCH3 is 1. The summed E-state index contributed by atoms with van der Waals surface area (Å²) in [4.78, 5) is 29.6. The van der Waals surface area contributed by atoms with Crippen LogP contribution >= 0.6 is 15.9 Å². The van der Waals surface area contributed by atoms with Crippen LogP contribution in [-0.4, -0.2) is 29.8 Å². The van der Waals surface area contributed by atoms with E-state index in [2.05, 4.69) is 20.9 Å². The lowest BCUT2D eigenvalue weighted by atomic mass is 10.2. The summed E-state index contributed by atoms with van der Waals surface area (Å²) >= 11 is 3.44. The number of aromatic nitrogens is 2. The molecule has 0 aliphatic carbocycles. The highest BCUT2D eigenvalue weighted by atomic mass is 79.9. The Labute approximate surface area is 183 Å². The Balaban J connectivity index is 2.00. The molecule has 1 heterocycles. The second-order valence-corrected chi connectivity index (χ2v) is 7.87. The molecule has 0 spiro atoms. The Morgan fingerprint density at radius 1 is 1.07 bits per heavy atom. The minimum absolute atomic E-state index is 0.155. The van der Waals surface area contributed by atoms with Crippen molar-refractivity contribution in [1.29, 1.82) is 0 Å². The first-order chi connectivity index (χ1) is 14.5. The van der Waals surface area contributed by atoms with E-state index in [1.54, 1.807) is 7.11 Å². The van der Waals surface area contributed by atoms with E-state index in [0.29, 0.717) is 31.8 Å². The van der Waals surface area contributed by atoms with Gasteiger partial charge in [-0.05, 0) is 29.7 Å². The fourth-order valence-electron chi connectivity index (χ4n) is 3.29. The summed E-state index contributed by atoms with van der Waals surface area (Å²) in [6.45, 7) is 1.87. The van der Waals surface area contributed by atoms with Gasteiger partial charge in [-0.3, -0.25) is 14.3 Å². The number of hydrogen-bond acceptors (Lipinski definition) is 5. The van der Waals surface area contributed by atoms with E-state index < -0.39 is 11.2 Å². The van der Waals surface area contributed by atoms with Crippen LogP contribution in [0.1, 0.15) is 17.5 Å². The molecule has 0 saturated heterocycles. The molecular weight excluding hydrogens is 448 g/mol. The van der Waals surface area contributed by atoms with E-state index >= 15 is 0 Å². The summed E-state index contributed by atoms with van der Waals surface area (Å²) in [5.41, 5.74) is 7.60. The second-order valence-electron chi connectivity index (χ2n) is 6.96. The summed E-state index contributed by atoms with van der Waals surface area (Å²) in [5.74, 6) is 0.155. The molecule has 3 rings (SSSR count). The monoisotopic (exact) mass is 472 g/mol.